The van der Waals surface area contributed by atoms with Crippen molar-refractivity contribution in [1.29, 1.82) is 0 Å². The third-order valence-electron chi connectivity index (χ3n) is 3.65. The SMILES string of the molecule is Cn1nc(C2CCCCC2)nc1-c1sccc1N. The molecule has 0 saturated heterocycles. The van der Waals surface area contributed by atoms with E-state index in [1.807, 2.05) is 23.2 Å². The van der Waals surface area contributed by atoms with Crippen molar-refractivity contribution < 1.29 is 0 Å². The summed E-state index contributed by atoms with van der Waals surface area (Å²) in [5.41, 5.74) is 6.76. The summed E-state index contributed by atoms with van der Waals surface area (Å²) in [6, 6.07) is 1.93. The van der Waals surface area contributed by atoms with Gasteiger partial charge in [0.15, 0.2) is 11.6 Å². The van der Waals surface area contributed by atoms with Crippen molar-refractivity contribution in [1.82, 2.24) is 14.8 Å². The van der Waals surface area contributed by atoms with Gasteiger partial charge in [-0.1, -0.05) is 19.3 Å². The number of nitrogen functional groups attached to an aromatic ring is 1. The molecule has 3 rings (SSSR count). The number of aromatic nitrogens is 3. The molecule has 1 saturated carbocycles. The molecule has 1 fully saturated rings. The maximum atomic E-state index is 5.96. The Morgan fingerprint density at radius 1 is 1.33 bits per heavy atom. The second-order valence-corrected chi connectivity index (χ2v) is 5.87. The third kappa shape index (κ3) is 2.03. The smallest absolute Gasteiger partial charge is 0.170 e. The number of anilines is 1. The molecular formula is C13H18N4S. The van der Waals surface area contributed by atoms with Gasteiger partial charge in [-0.15, -0.1) is 11.3 Å². The van der Waals surface area contributed by atoms with Crippen LogP contribution in [0, 0.1) is 0 Å². The number of nitrogens with zero attached hydrogens (tertiary/aromatic N) is 3. The molecule has 1 aliphatic rings. The predicted octanol–water partition coefficient (Wildman–Crippen LogP) is 3.17. The van der Waals surface area contributed by atoms with Crippen LogP contribution in [0.2, 0.25) is 0 Å². The summed E-state index contributed by atoms with van der Waals surface area (Å²) in [6.07, 6.45) is 6.42. The van der Waals surface area contributed by atoms with Gasteiger partial charge >= 0.3 is 0 Å². The van der Waals surface area contributed by atoms with Gasteiger partial charge in [0, 0.05) is 13.0 Å². The summed E-state index contributed by atoms with van der Waals surface area (Å²) in [6.45, 7) is 0. The van der Waals surface area contributed by atoms with E-state index in [-0.39, 0.29) is 0 Å². The van der Waals surface area contributed by atoms with E-state index >= 15 is 0 Å². The molecule has 96 valence electrons. The Balaban J connectivity index is 1.93. The van der Waals surface area contributed by atoms with Crippen molar-refractivity contribution in [3.05, 3.63) is 17.3 Å². The highest BCUT2D eigenvalue weighted by Crippen LogP contribution is 2.34. The van der Waals surface area contributed by atoms with Crippen LogP contribution in [0.5, 0.6) is 0 Å². The molecule has 0 amide bonds. The van der Waals surface area contributed by atoms with Crippen molar-refractivity contribution in [3.8, 4) is 10.7 Å². The Kier molecular flexibility index (Phi) is 3.07. The Morgan fingerprint density at radius 2 is 2.11 bits per heavy atom. The lowest BCUT2D eigenvalue weighted by Gasteiger charge is -2.18. The maximum Gasteiger partial charge on any atom is 0.170 e. The van der Waals surface area contributed by atoms with Crippen molar-refractivity contribution in [2.75, 3.05) is 5.73 Å². The summed E-state index contributed by atoms with van der Waals surface area (Å²) >= 11 is 1.63. The van der Waals surface area contributed by atoms with Crippen LogP contribution in [0.25, 0.3) is 10.7 Å². The molecule has 0 spiro atoms. The van der Waals surface area contributed by atoms with E-state index < -0.39 is 0 Å². The Bertz CT molecular complexity index is 537. The average Bonchev–Trinajstić information content (AvgIpc) is 2.96. The van der Waals surface area contributed by atoms with E-state index in [1.54, 1.807) is 11.3 Å². The van der Waals surface area contributed by atoms with Crippen LogP contribution in [-0.4, -0.2) is 14.8 Å². The van der Waals surface area contributed by atoms with E-state index in [9.17, 15) is 0 Å². The summed E-state index contributed by atoms with van der Waals surface area (Å²) < 4.78 is 1.87. The first-order valence-electron chi connectivity index (χ1n) is 6.50. The normalized spacial score (nSPS) is 17.2. The molecule has 0 bridgehead atoms. The Hall–Kier alpha value is -1.36. The zero-order chi connectivity index (χ0) is 12.5. The summed E-state index contributed by atoms with van der Waals surface area (Å²) in [7, 11) is 1.95. The van der Waals surface area contributed by atoms with E-state index in [0.29, 0.717) is 5.92 Å². The fourth-order valence-electron chi connectivity index (χ4n) is 2.64. The zero-order valence-corrected chi connectivity index (χ0v) is 11.4. The lowest BCUT2D eigenvalue weighted by molar-refractivity contribution is 0.427. The van der Waals surface area contributed by atoms with Crippen molar-refractivity contribution in [2.45, 2.75) is 38.0 Å². The van der Waals surface area contributed by atoms with E-state index in [2.05, 4.69) is 5.10 Å². The molecule has 18 heavy (non-hydrogen) atoms. The lowest BCUT2D eigenvalue weighted by Crippen LogP contribution is -2.06. The second kappa shape index (κ2) is 4.72. The maximum absolute atomic E-state index is 5.96. The fraction of sp³-hybridized carbons (Fsp3) is 0.538. The van der Waals surface area contributed by atoms with Gasteiger partial charge in [0.1, 0.15) is 0 Å². The van der Waals surface area contributed by atoms with Crippen LogP contribution in [-0.2, 0) is 7.05 Å². The molecule has 0 aromatic carbocycles. The van der Waals surface area contributed by atoms with Gasteiger partial charge in [-0.25, -0.2) is 9.67 Å². The monoisotopic (exact) mass is 262 g/mol. The molecule has 2 aromatic rings. The van der Waals surface area contributed by atoms with E-state index in [1.165, 1.54) is 32.1 Å². The molecule has 2 N–H and O–H groups in total. The molecule has 0 atom stereocenters. The van der Waals surface area contributed by atoms with Gasteiger partial charge < -0.3 is 5.73 Å². The van der Waals surface area contributed by atoms with E-state index in [4.69, 9.17) is 10.7 Å². The van der Waals surface area contributed by atoms with Crippen LogP contribution >= 0.6 is 11.3 Å². The highest BCUT2D eigenvalue weighted by Gasteiger charge is 2.22. The molecule has 0 aliphatic heterocycles. The van der Waals surface area contributed by atoms with Gasteiger partial charge in [-0.05, 0) is 24.3 Å². The number of hydrogen-bond donors (Lipinski definition) is 1. The number of aryl methyl sites for hydroxylation is 1. The first-order valence-corrected chi connectivity index (χ1v) is 7.38. The predicted molar refractivity (Wildman–Crippen MR) is 74.6 cm³/mol. The highest BCUT2D eigenvalue weighted by molar-refractivity contribution is 7.14. The van der Waals surface area contributed by atoms with Gasteiger partial charge in [0.25, 0.3) is 0 Å². The lowest BCUT2D eigenvalue weighted by atomic mass is 9.89. The Labute approximate surface area is 111 Å². The van der Waals surface area contributed by atoms with Crippen molar-refractivity contribution >= 4 is 17.0 Å². The van der Waals surface area contributed by atoms with Gasteiger partial charge in [-0.3, -0.25) is 0 Å². The zero-order valence-electron chi connectivity index (χ0n) is 10.6. The molecule has 5 heteroatoms. The number of thiophene rings is 1. The van der Waals surface area contributed by atoms with Gasteiger partial charge in [0.05, 0.1) is 10.6 Å². The van der Waals surface area contributed by atoms with Crippen molar-refractivity contribution in [2.24, 2.45) is 7.05 Å². The van der Waals surface area contributed by atoms with Crippen LogP contribution < -0.4 is 5.73 Å². The minimum absolute atomic E-state index is 0.542. The Morgan fingerprint density at radius 3 is 2.78 bits per heavy atom. The minimum Gasteiger partial charge on any atom is -0.397 e. The molecule has 1 aliphatic carbocycles. The van der Waals surface area contributed by atoms with Crippen LogP contribution in [0.3, 0.4) is 0 Å². The van der Waals surface area contributed by atoms with Crippen LogP contribution in [0.15, 0.2) is 11.4 Å². The molecule has 0 unspecified atom stereocenters. The number of hydrogen-bond acceptors (Lipinski definition) is 4. The summed E-state index contributed by atoms with van der Waals surface area (Å²) in [5, 5.41) is 6.59. The van der Waals surface area contributed by atoms with Crippen molar-refractivity contribution in [3.63, 3.8) is 0 Å². The topological polar surface area (TPSA) is 56.7 Å². The molecular weight excluding hydrogens is 244 g/mol. The third-order valence-corrected chi connectivity index (χ3v) is 4.57. The first kappa shape index (κ1) is 11.7. The number of rotatable bonds is 2. The summed E-state index contributed by atoms with van der Waals surface area (Å²) in [5.74, 6) is 2.45. The van der Waals surface area contributed by atoms with Crippen LogP contribution in [0.1, 0.15) is 43.8 Å². The average molecular weight is 262 g/mol. The van der Waals surface area contributed by atoms with Crippen LogP contribution in [0.4, 0.5) is 5.69 Å². The quantitative estimate of drug-likeness (QED) is 0.904. The standard InChI is InChI=1S/C13H18N4S/c1-17-13(11-10(14)7-8-18-11)15-12(16-17)9-5-3-2-4-6-9/h7-9H,2-6,14H2,1H3. The summed E-state index contributed by atoms with van der Waals surface area (Å²) in [4.78, 5) is 5.75. The minimum atomic E-state index is 0.542. The molecule has 2 heterocycles. The van der Waals surface area contributed by atoms with E-state index in [0.717, 1.165) is 22.2 Å². The van der Waals surface area contributed by atoms with Gasteiger partial charge in [0.2, 0.25) is 0 Å². The highest BCUT2D eigenvalue weighted by atomic mass is 32.1. The fourth-order valence-corrected chi connectivity index (χ4v) is 3.47. The van der Waals surface area contributed by atoms with Gasteiger partial charge in [-0.2, -0.15) is 5.10 Å². The number of nitrogens with two attached hydrogens (primary N) is 1. The largest absolute Gasteiger partial charge is 0.397 e. The molecule has 4 nitrogen and oxygen atoms in total. The molecule has 2 aromatic heterocycles. The first-order chi connectivity index (χ1) is 8.75. The second-order valence-electron chi connectivity index (χ2n) is 4.96. The molecule has 0 radical (unpaired) electrons.